The molecule has 0 unspecified atom stereocenters. The lowest BCUT2D eigenvalue weighted by atomic mass is 10.2. The van der Waals surface area contributed by atoms with E-state index in [4.69, 9.17) is 5.11 Å². The van der Waals surface area contributed by atoms with Gasteiger partial charge in [0.15, 0.2) is 0 Å². The van der Waals surface area contributed by atoms with E-state index in [1.165, 1.54) is 6.07 Å². The Kier molecular flexibility index (Phi) is 5.85. The highest BCUT2D eigenvalue weighted by atomic mass is 16.4. The second-order valence-electron chi connectivity index (χ2n) is 4.21. The van der Waals surface area contributed by atoms with Crippen LogP contribution in [0.1, 0.15) is 37.0 Å². The molecule has 0 atom stereocenters. The van der Waals surface area contributed by atoms with Gasteiger partial charge in [0.25, 0.3) is 0 Å². The number of carbonyl (C=O) groups excluding carboxylic acids is 1. The molecule has 0 fully saturated rings. The summed E-state index contributed by atoms with van der Waals surface area (Å²) in [5.41, 5.74) is 0.428. The predicted molar refractivity (Wildman–Crippen MR) is 74.6 cm³/mol. The Morgan fingerprint density at radius 3 is 2.53 bits per heavy atom. The first-order valence-corrected chi connectivity index (χ1v) is 6.48. The highest BCUT2D eigenvalue weighted by molar-refractivity contribution is 5.99. The molecule has 0 aliphatic rings. The van der Waals surface area contributed by atoms with E-state index in [-0.39, 0.29) is 11.6 Å². The van der Waals surface area contributed by atoms with Gasteiger partial charge in [0.2, 0.25) is 0 Å². The number of carboxylic acids is 1. The van der Waals surface area contributed by atoms with Crippen molar-refractivity contribution in [3.63, 3.8) is 0 Å². The van der Waals surface area contributed by atoms with E-state index in [0.29, 0.717) is 18.8 Å². The number of carboxylic acid groups (broad SMARTS) is 1. The van der Waals surface area contributed by atoms with Crippen LogP contribution in [0.2, 0.25) is 0 Å². The van der Waals surface area contributed by atoms with Crippen molar-refractivity contribution in [3.8, 4) is 0 Å². The zero-order valence-electron chi connectivity index (χ0n) is 11.3. The number of para-hydroxylation sites is 1. The van der Waals surface area contributed by atoms with E-state index < -0.39 is 5.97 Å². The smallest absolute Gasteiger partial charge is 0.337 e. The summed E-state index contributed by atoms with van der Waals surface area (Å²) in [6.07, 6.45) is 1.94. The van der Waals surface area contributed by atoms with Crippen molar-refractivity contribution in [2.24, 2.45) is 0 Å². The van der Waals surface area contributed by atoms with Gasteiger partial charge in [-0.1, -0.05) is 25.5 Å². The van der Waals surface area contributed by atoms with Gasteiger partial charge in [-0.3, -0.25) is 0 Å². The first-order valence-electron chi connectivity index (χ1n) is 6.48. The van der Waals surface area contributed by atoms with Crippen molar-refractivity contribution < 1.29 is 14.7 Å². The number of benzene rings is 1. The minimum Gasteiger partial charge on any atom is -0.478 e. The number of nitrogens with one attached hydrogen (secondary N) is 1. The molecule has 5 nitrogen and oxygen atoms in total. The predicted octanol–water partition coefficient (Wildman–Crippen LogP) is 3.04. The third-order valence-corrected chi connectivity index (χ3v) is 2.85. The number of hydrogen-bond donors (Lipinski definition) is 2. The van der Waals surface area contributed by atoms with Crippen LogP contribution in [0.25, 0.3) is 0 Å². The quantitative estimate of drug-likeness (QED) is 0.829. The van der Waals surface area contributed by atoms with Crippen molar-refractivity contribution in [2.45, 2.75) is 26.7 Å². The Balaban J connectivity index is 2.78. The number of carbonyl (C=O) groups is 2. The summed E-state index contributed by atoms with van der Waals surface area (Å²) in [5.74, 6) is -1.05. The highest BCUT2D eigenvalue weighted by Gasteiger charge is 2.15. The maximum absolute atomic E-state index is 12.0. The molecule has 0 aliphatic carbocycles. The number of urea groups is 1. The lowest BCUT2D eigenvalue weighted by Gasteiger charge is -2.21. The van der Waals surface area contributed by atoms with Gasteiger partial charge in [0, 0.05) is 13.1 Å². The molecular weight excluding hydrogens is 244 g/mol. The number of anilines is 1. The monoisotopic (exact) mass is 264 g/mol. The van der Waals surface area contributed by atoms with Gasteiger partial charge in [0.1, 0.15) is 0 Å². The molecule has 1 aromatic carbocycles. The summed E-state index contributed by atoms with van der Waals surface area (Å²) in [6, 6.07) is 6.14. The van der Waals surface area contributed by atoms with E-state index in [9.17, 15) is 9.59 Å². The highest BCUT2D eigenvalue weighted by Crippen LogP contribution is 2.15. The second kappa shape index (κ2) is 7.41. The van der Waals surface area contributed by atoms with Crippen LogP contribution >= 0.6 is 0 Å². The Bertz CT molecular complexity index is 446. The molecule has 0 bridgehead atoms. The SMILES string of the molecule is CCCCN(CC)C(=O)Nc1ccccc1C(=O)O. The van der Waals surface area contributed by atoms with Crippen LogP contribution in [0, 0.1) is 0 Å². The van der Waals surface area contributed by atoms with Gasteiger partial charge in [0.05, 0.1) is 11.3 Å². The summed E-state index contributed by atoms with van der Waals surface area (Å²) in [4.78, 5) is 24.8. The molecule has 5 heteroatoms. The van der Waals surface area contributed by atoms with Crippen molar-refractivity contribution in [1.82, 2.24) is 4.90 Å². The molecule has 0 aliphatic heterocycles. The Labute approximate surface area is 113 Å². The van der Waals surface area contributed by atoms with Crippen LogP contribution in [0.4, 0.5) is 10.5 Å². The number of nitrogens with zero attached hydrogens (tertiary/aromatic N) is 1. The van der Waals surface area contributed by atoms with E-state index in [1.54, 1.807) is 23.1 Å². The average molecular weight is 264 g/mol. The topological polar surface area (TPSA) is 69.6 Å². The normalized spacial score (nSPS) is 10.0. The number of rotatable bonds is 6. The largest absolute Gasteiger partial charge is 0.478 e. The van der Waals surface area contributed by atoms with Gasteiger partial charge in [-0.15, -0.1) is 0 Å². The molecule has 1 rings (SSSR count). The van der Waals surface area contributed by atoms with E-state index >= 15 is 0 Å². The third-order valence-electron chi connectivity index (χ3n) is 2.85. The fourth-order valence-electron chi connectivity index (χ4n) is 1.73. The van der Waals surface area contributed by atoms with Crippen molar-refractivity contribution >= 4 is 17.7 Å². The summed E-state index contributed by atoms with van der Waals surface area (Å²) >= 11 is 0. The van der Waals surface area contributed by atoms with Crippen molar-refractivity contribution in [3.05, 3.63) is 29.8 Å². The fourth-order valence-corrected chi connectivity index (χ4v) is 1.73. The Morgan fingerprint density at radius 1 is 1.26 bits per heavy atom. The number of aromatic carboxylic acids is 1. The first-order chi connectivity index (χ1) is 9.10. The average Bonchev–Trinajstić information content (AvgIpc) is 2.40. The zero-order chi connectivity index (χ0) is 14.3. The number of amides is 2. The zero-order valence-corrected chi connectivity index (χ0v) is 11.3. The standard InChI is InChI=1S/C14H20N2O3/c1-3-5-10-16(4-2)14(19)15-12-9-7-6-8-11(12)13(17)18/h6-9H,3-5,10H2,1-2H3,(H,15,19)(H,17,18). The lowest BCUT2D eigenvalue weighted by molar-refractivity contribution is 0.0698. The maximum Gasteiger partial charge on any atom is 0.337 e. The van der Waals surface area contributed by atoms with Crippen LogP contribution in [0.5, 0.6) is 0 Å². The molecule has 19 heavy (non-hydrogen) atoms. The summed E-state index contributed by atoms with van der Waals surface area (Å²) in [6.45, 7) is 5.24. The van der Waals surface area contributed by atoms with Crippen LogP contribution in [-0.4, -0.2) is 35.1 Å². The van der Waals surface area contributed by atoms with Crippen molar-refractivity contribution in [1.29, 1.82) is 0 Å². The molecule has 0 saturated heterocycles. The Hall–Kier alpha value is -2.04. The minimum atomic E-state index is -1.05. The summed E-state index contributed by atoms with van der Waals surface area (Å²) < 4.78 is 0. The van der Waals surface area contributed by atoms with Gasteiger partial charge >= 0.3 is 12.0 Å². The van der Waals surface area contributed by atoms with E-state index in [2.05, 4.69) is 12.2 Å². The fraction of sp³-hybridized carbons (Fsp3) is 0.429. The van der Waals surface area contributed by atoms with Gasteiger partial charge in [-0.2, -0.15) is 0 Å². The number of unbranched alkanes of at least 4 members (excludes halogenated alkanes) is 1. The van der Waals surface area contributed by atoms with Crippen molar-refractivity contribution in [2.75, 3.05) is 18.4 Å². The lowest BCUT2D eigenvalue weighted by Crippen LogP contribution is -2.35. The molecule has 104 valence electrons. The molecule has 2 amide bonds. The van der Waals surface area contributed by atoms with Gasteiger partial charge < -0.3 is 15.3 Å². The van der Waals surface area contributed by atoms with E-state index in [1.807, 2.05) is 6.92 Å². The van der Waals surface area contributed by atoms with Crippen LogP contribution in [0.3, 0.4) is 0 Å². The molecule has 0 radical (unpaired) electrons. The maximum atomic E-state index is 12.0. The van der Waals surface area contributed by atoms with Crippen LogP contribution in [0.15, 0.2) is 24.3 Å². The second-order valence-corrected chi connectivity index (χ2v) is 4.21. The summed E-state index contributed by atoms with van der Waals surface area (Å²) in [7, 11) is 0. The first kappa shape index (κ1) is 15.0. The molecule has 0 heterocycles. The molecule has 1 aromatic rings. The third kappa shape index (κ3) is 4.28. The molecular formula is C14H20N2O3. The molecule has 0 aromatic heterocycles. The number of hydrogen-bond acceptors (Lipinski definition) is 2. The molecule has 0 saturated carbocycles. The minimum absolute atomic E-state index is 0.0994. The van der Waals surface area contributed by atoms with Gasteiger partial charge in [-0.05, 0) is 25.5 Å². The van der Waals surface area contributed by atoms with E-state index in [0.717, 1.165) is 12.8 Å². The van der Waals surface area contributed by atoms with Crippen LogP contribution in [-0.2, 0) is 0 Å². The Morgan fingerprint density at radius 2 is 1.95 bits per heavy atom. The molecule has 0 spiro atoms. The summed E-state index contributed by atoms with van der Waals surface area (Å²) in [5, 5.41) is 11.7. The van der Waals surface area contributed by atoms with Gasteiger partial charge in [-0.25, -0.2) is 9.59 Å². The molecule has 2 N–H and O–H groups in total. The van der Waals surface area contributed by atoms with Crippen LogP contribution < -0.4 is 5.32 Å².